The molecule has 156 valence electrons. The number of hydrogen-bond acceptors (Lipinski definition) is 7. The molecule has 2 aromatic carbocycles. The van der Waals surface area contributed by atoms with Crippen LogP contribution in [0, 0.1) is 10.1 Å². The van der Waals surface area contributed by atoms with E-state index in [2.05, 4.69) is 20.1 Å². The highest BCUT2D eigenvalue weighted by Crippen LogP contribution is 2.25. The minimum absolute atomic E-state index is 0.0203. The van der Waals surface area contributed by atoms with E-state index in [0.717, 1.165) is 42.0 Å². The Labute approximate surface area is 178 Å². The number of thiazole rings is 1. The number of fused-ring (bicyclic) bond motifs is 1. The summed E-state index contributed by atoms with van der Waals surface area (Å²) >= 11 is 1.49. The minimum atomic E-state index is -0.360. The fourth-order valence-electron chi connectivity index (χ4n) is 3.56. The van der Waals surface area contributed by atoms with E-state index < -0.39 is 0 Å². The predicted octanol–water partition coefficient (Wildman–Crippen LogP) is 3.35. The Morgan fingerprint density at radius 3 is 2.63 bits per heavy atom. The highest BCUT2D eigenvalue weighted by molar-refractivity contribution is 7.22. The van der Waals surface area contributed by atoms with E-state index in [9.17, 15) is 14.9 Å². The number of rotatable bonds is 7. The SMILES string of the molecule is O=C(CCN1CCN(Cc2cccc([N+](=O)[O-])c2)CC1)Nc1nc2ccccc2s1. The molecule has 0 aliphatic carbocycles. The number of piperazine rings is 1. The first-order valence-corrected chi connectivity index (χ1v) is 10.7. The number of amides is 1. The van der Waals surface area contributed by atoms with Crippen LogP contribution >= 0.6 is 11.3 Å². The summed E-state index contributed by atoms with van der Waals surface area (Å²) in [6.07, 6.45) is 0.431. The molecule has 2 heterocycles. The molecule has 1 aromatic heterocycles. The van der Waals surface area contributed by atoms with Gasteiger partial charge in [-0.05, 0) is 17.7 Å². The molecule has 0 spiro atoms. The Morgan fingerprint density at radius 1 is 1.10 bits per heavy atom. The van der Waals surface area contributed by atoms with Crippen molar-refractivity contribution in [3.63, 3.8) is 0 Å². The molecular weight excluding hydrogens is 402 g/mol. The van der Waals surface area contributed by atoms with Crippen LogP contribution in [0.3, 0.4) is 0 Å². The average molecular weight is 426 g/mol. The van der Waals surface area contributed by atoms with Gasteiger partial charge in [0.25, 0.3) is 5.69 Å². The van der Waals surface area contributed by atoms with E-state index >= 15 is 0 Å². The fourth-order valence-corrected chi connectivity index (χ4v) is 4.45. The maximum atomic E-state index is 12.3. The summed E-state index contributed by atoms with van der Waals surface area (Å²) in [5.41, 5.74) is 1.98. The standard InChI is InChI=1S/C21H23N5O3S/c27-20(23-21-22-18-6-1-2-7-19(18)30-21)8-9-24-10-12-25(13-11-24)15-16-4-3-5-17(14-16)26(28)29/h1-7,14H,8-13,15H2,(H,22,23,27). The summed E-state index contributed by atoms with van der Waals surface area (Å²) in [7, 11) is 0. The van der Waals surface area contributed by atoms with Gasteiger partial charge in [-0.2, -0.15) is 0 Å². The molecule has 1 fully saturated rings. The lowest BCUT2D eigenvalue weighted by molar-refractivity contribution is -0.384. The number of non-ortho nitro benzene ring substituents is 1. The van der Waals surface area contributed by atoms with Gasteiger partial charge in [0.2, 0.25) is 5.91 Å². The molecule has 9 heteroatoms. The second-order valence-corrected chi connectivity index (χ2v) is 8.36. The molecule has 1 aliphatic heterocycles. The molecule has 1 N–H and O–H groups in total. The van der Waals surface area contributed by atoms with E-state index in [1.54, 1.807) is 12.1 Å². The van der Waals surface area contributed by atoms with Gasteiger partial charge in [-0.15, -0.1) is 0 Å². The van der Waals surface area contributed by atoms with Crippen molar-refractivity contribution in [2.75, 3.05) is 38.0 Å². The van der Waals surface area contributed by atoms with E-state index in [4.69, 9.17) is 0 Å². The largest absolute Gasteiger partial charge is 0.302 e. The molecule has 4 rings (SSSR count). The highest BCUT2D eigenvalue weighted by atomic mass is 32.1. The Hall–Kier alpha value is -2.88. The summed E-state index contributed by atoms with van der Waals surface area (Å²) in [6, 6.07) is 14.6. The molecule has 1 saturated heterocycles. The third-order valence-corrected chi connectivity index (χ3v) is 6.14. The normalized spacial score (nSPS) is 15.3. The minimum Gasteiger partial charge on any atom is -0.302 e. The molecule has 30 heavy (non-hydrogen) atoms. The van der Waals surface area contributed by atoms with Gasteiger partial charge in [-0.25, -0.2) is 4.98 Å². The van der Waals surface area contributed by atoms with Gasteiger partial charge in [0, 0.05) is 57.8 Å². The van der Waals surface area contributed by atoms with Crippen molar-refractivity contribution >= 4 is 38.3 Å². The number of aromatic nitrogens is 1. The number of carbonyl (C=O) groups is 1. The van der Waals surface area contributed by atoms with Crippen LogP contribution in [0.25, 0.3) is 10.2 Å². The molecule has 1 amide bonds. The van der Waals surface area contributed by atoms with Gasteiger partial charge in [0.05, 0.1) is 15.1 Å². The Morgan fingerprint density at radius 2 is 1.87 bits per heavy atom. The van der Waals surface area contributed by atoms with E-state index in [1.807, 2.05) is 30.3 Å². The van der Waals surface area contributed by atoms with Crippen LogP contribution < -0.4 is 5.32 Å². The number of anilines is 1. The molecule has 1 aliphatic rings. The third kappa shape index (κ3) is 5.18. The Kier molecular flexibility index (Phi) is 6.32. The topological polar surface area (TPSA) is 91.6 Å². The van der Waals surface area contributed by atoms with Crippen LogP contribution in [0.4, 0.5) is 10.8 Å². The summed E-state index contributed by atoms with van der Waals surface area (Å²) in [6.45, 7) is 4.92. The second kappa shape index (κ2) is 9.29. The van der Waals surface area contributed by atoms with Gasteiger partial charge < -0.3 is 10.2 Å². The summed E-state index contributed by atoms with van der Waals surface area (Å²) in [5, 5.41) is 14.5. The van der Waals surface area contributed by atoms with Crippen molar-refractivity contribution < 1.29 is 9.72 Å². The van der Waals surface area contributed by atoms with Gasteiger partial charge in [0.15, 0.2) is 5.13 Å². The molecule has 0 atom stereocenters. The number of benzene rings is 2. The molecule has 0 bridgehead atoms. The van der Waals surface area contributed by atoms with Crippen molar-refractivity contribution in [2.45, 2.75) is 13.0 Å². The lowest BCUT2D eigenvalue weighted by atomic mass is 10.1. The Balaban J connectivity index is 1.20. The predicted molar refractivity (Wildman–Crippen MR) is 118 cm³/mol. The number of nitro benzene ring substituents is 1. The molecule has 0 radical (unpaired) electrons. The first-order valence-electron chi connectivity index (χ1n) is 9.90. The molecule has 0 unspecified atom stereocenters. The van der Waals surface area contributed by atoms with Crippen molar-refractivity contribution in [1.82, 2.24) is 14.8 Å². The van der Waals surface area contributed by atoms with E-state index in [0.29, 0.717) is 24.6 Å². The highest BCUT2D eigenvalue weighted by Gasteiger charge is 2.18. The summed E-state index contributed by atoms with van der Waals surface area (Å²) < 4.78 is 1.06. The Bertz CT molecular complexity index is 1010. The van der Waals surface area contributed by atoms with Crippen LogP contribution in [-0.4, -0.2) is 58.3 Å². The van der Waals surface area contributed by atoms with Crippen molar-refractivity contribution in [3.8, 4) is 0 Å². The maximum Gasteiger partial charge on any atom is 0.269 e. The zero-order valence-electron chi connectivity index (χ0n) is 16.5. The molecule has 3 aromatic rings. The van der Waals surface area contributed by atoms with Gasteiger partial charge in [0.1, 0.15) is 0 Å². The molecular formula is C21H23N5O3S. The lowest BCUT2D eigenvalue weighted by Gasteiger charge is -2.34. The van der Waals surface area contributed by atoms with E-state index in [1.165, 1.54) is 17.4 Å². The monoisotopic (exact) mass is 425 g/mol. The zero-order valence-corrected chi connectivity index (χ0v) is 17.3. The van der Waals surface area contributed by atoms with Gasteiger partial charge in [-0.3, -0.25) is 19.8 Å². The molecule has 0 saturated carbocycles. The number of carbonyl (C=O) groups excluding carboxylic acids is 1. The quantitative estimate of drug-likeness (QED) is 0.461. The smallest absolute Gasteiger partial charge is 0.269 e. The van der Waals surface area contributed by atoms with Crippen molar-refractivity contribution in [1.29, 1.82) is 0 Å². The van der Waals surface area contributed by atoms with Crippen LogP contribution in [0.15, 0.2) is 48.5 Å². The zero-order chi connectivity index (χ0) is 20.9. The van der Waals surface area contributed by atoms with Crippen LogP contribution in [0.2, 0.25) is 0 Å². The second-order valence-electron chi connectivity index (χ2n) is 7.33. The third-order valence-electron chi connectivity index (χ3n) is 5.19. The lowest BCUT2D eigenvalue weighted by Crippen LogP contribution is -2.46. The van der Waals surface area contributed by atoms with Gasteiger partial charge >= 0.3 is 0 Å². The van der Waals surface area contributed by atoms with Gasteiger partial charge in [-0.1, -0.05) is 35.6 Å². The molecule has 8 nitrogen and oxygen atoms in total. The number of para-hydroxylation sites is 1. The van der Waals surface area contributed by atoms with Crippen molar-refractivity contribution in [3.05, 3.63) is 64.2 Å². The average Bonchev–Trinajstić information content (AvgIpc) is 3.15. The summed E-state index contributed by atoms with van der Waals surface area (Å²) in [4.78, 5) is 31.9. The first kappa shape index (κ1) is 20.4. The number of nitrogens with one attached hydrogen (secondary N) is 1. The number of nitrogens with zero attached hydrogens (tertiary/aromatic N) is 4. The van der Waals surface area contributed by atoms with Crippen LogP contribution in [0.5, 0.6) is 0 Å². The first-order chi connectivity index (χ1) is 14.6. The van der Waals surface area contributed by atoms with Crippen molar-refractivity contribution in [2.24, 2.45) is 0 Å². The summed E-state index contributed by atoms with van der Waals surface area (Å²) in [5.74, 6) is -0.0203. The van der Waals surface area contributed by atoms with Crippen LogP contribution in [-0.2, 0) is 11.3 Å². The fraction of sp³-hybridized carbons (Fsp3) is 0.333. The van der Waals surface area contributed by atoms with Crippen LogP contribution in [0.1, 0.15) is 12.0 Å². The number of nitro groups is 1. The maximum absolute atomic E-state index is 12.3. The number of hydrogen-bond donors (Lipinski definition) is 1. The van der Waals surface area contributed by atoms with E-state index in [-0.39, 0.29) is 16.5 Å².